The molecule has 1 N–H and O–H groups in total. The zero-order chi connectivity index (χ0) is 15.6. The second kappa shape index (κ2) is 5.83. The number of amides is 1. The molecule has 1 aliphatic heterocycles. The first-order valence-electron chi connectivity index (χ1n) is 7.96. The molecule has 1 unspecified atom stereocenters. The zero-order valence-corrected chi connectivity index (χ0v) is 12.8. The maximum atomic E-state index is 12.6. The molecule has 1 atom stereocenters. The number of nitrogens with one attached hydrogen (secondary N) is 1. The van der Waals surface area contributed by atoms with Crippen molar-refractivity contribution in [3.05, 3.63) is 60.0 Å². The molecule has 23 heavy (non-hydrogen) atoms. The van der Waals surface area contributed by atoms with Gasteiger partial charge in [-0.25, -0.2) is 9.97 Å². The molecule has 1 fully saturated rings. The number of hydrogen-bond donors (Lipinski definition) is 1. The number of fused-ring (bicyclic) bond motifs is 1. The molecule has 0 saturated carbocycles. The van der Waals surface area contributed by atoms with Gasteiger partial charge in [-0.15, -0.1) is 0 Å². The van der Waals surface area contributed by atoms with Crippen LogP contribution in [-0.2, 0) is 0 Å². The molecule has 0 radical (unpaired) electrons. The molecule has 1 amide bonds. The molecule has 1 saturated heterocycles. The van der Waals surface area contributed by atoms with Gasteiger partial charge in [-0.2, -0.15) is 0 Å². The van der Waals surface area contributed by atoms with Crippen molar-refractivity contribution in [1.29, 1.82) is 0 Å². The van der Waals surface area contributed by atoms with Crippen molar-refractivity contribution in [2.75, 3.05) is 13.1 Å². The van der Waals surface area contributed by atoms with Crippen molar-refractivity contribution in [3.8, 4) is 0 Å². The van der Waals surface area contributed by atoms with Crippen LogP contribution in [0, 0.1) is 0 Å². The first kappa shape index (κ1) is 13.9. The summed E-state index contributed by atoms with van der Waals surface area (Å²) in [6, 6.07) is 13.4. The molecular weight excluding hydrogens is 288 g/mol. The average molecular weight is 306 g/mol. The minimum absolute atomic E-state index is 0.101. The van der Waals surface area contributed by atoms with Crippen LogP contribution in [0.2, 0.25) is 0 Å². The number of imidazole rings is 1. The van der Waals surface area contributed by atoms with Gasteiger partial charge >= 0.3 is 0 Å². The lowest BCUT2D eigenvalue weighted by atomic mass is 9.96. The van der Waals surface area contributed by atoms with Crippen molar-refractivity contribution in [2.24, 2.45) is 0 Å². The molecular formula is C18H18N4O. The van der Waals surface area contributed by atoms with Crippen LogP contribution in [0.1, 0.15) is 34.9 Å². The largest absolute Gasteiger partial charge is 0.340 e. The third kappa shape index (κ3) is 2.70. The molecule has 0 bridgehead atoms. The summed E-state index contributed by atoms with van der Waals surface area (Å²) in [6.07, 6.45) is 3.78. The van der Waals surface area contributed by atoms with Gasteiger partial charge in [0.1, 0.15) is 5.82 Å². The first-order valence-corrected chi connectivity index (χ1v) is 7.96. The number of aromatic amines is 1. The standard InChI is InChI=1S/C18H18N4O/c23-18(13-6-2-1-3-7-13)22-11-5-8-14(12-22)16-20-15-9-4-10-19-17(15)21-16/h1-4,6-7,9-10,14H,5,8,11-12H2,(H,19,20,21). The lowest BCUT2D eigenvalue weighted by Gasteiger charge is -2.31. The molecule has 3 heterocycles. The van der Waals surface area contributed by atoms with E-state index in [0.717, 1.165) is 41.9 Å². The Morgan fingerprint density at radius 3 is 2.87 bits per heavy atom. The second-order valence-electron chi connectivity index (χ2n) is 5.95. The Hall–Kier alpha value is -2.69. The first-order chi connectivity index (χ1) is 11.3. The number of carbonyl (C=O) groups is 1. The minimum atomic E-state index is 0.101. The van der Waals surface area contributed by atoms with Crippen molar-refractivity contribution in [2.45, 2.75) is 18.8 Å². The predicted octanol–water partition coefficient (Wildman–Crippen LogP) is 2.98. The number of pyridine rings is 1. The smallest absolute Gasteiger partial charge is 0.253 e. The number of hydrogen-bond acceptors (Lipinski definition) is 3. The summed E-state index contributed by atoms with van der Waals surface area (Å²) in [5, 5.41) is 0. The Kier molecular flexibility index (Phi) is 3.54. The Labute approximate surface area is 134 Å². The van der Waals surface area contributed by atoms with Gasteiger partial charge in [-0.1, -0.05) is 18.2 Å². The highest BCUT2D eigenvalue weighted by molar-refractivity contribution is 5.94. The van der Waals surface area contributed by atoms with E-state index in [0.29, 0.717) is 6.54 Å². The summed E-state index contributed by atoms with van der Waals surface area (Å²) in [4.78, 5) is 26.8. The van der Waals surface area contributed by atoms with E-state index in [9.17, 15) is 4.79 Å². The molecule has 2 aromatic heterocycles. The van der Waals surface area contributed by atoms with E-state index in [2.05, 4.69) is 15.0 Å². The van der Waals surface area contributed by atoms with Crippen LogP contribution in [0.25, 0.3) is 11.2 Å². The molecule has 1 aromatic carbocycles. The topological polar surface area (TPSA) is 61.9 Å². The van der Waals surface area contributed by atoms with Gasteiger partial charge < -0.3 is 9.88 Å². The highest BCUT2D eigenvalue weighted by atomic mass is 16.2. The molecule has 0 aliphatic carbocycles. The van der Waals surface area contributed by atoms with Gasteiger partial charge in [0, 0.05) is 30.8 Å². The van der Waals surface area contributed by atoms with Gasteiger partial charge in [0.2, 0.25) is 0 Å². The van der Waals surface area contributed by atoms with Gasteiger partial charge in [-0.05, 0) is 37.1 Å². The molecule has 5 nitrogen and oxygen atoms in total. The zero-order valence-electron chi connectivity index (χ0n) is 12.8. The van der Waals surface area contributed by atoms with E-state index in [4.69, 9.17) is 0 Å². The fraction of sp³-hybridized carbons (Fsp3) is 0.278. The monoisotopic (exact) mass is 306 g/mol. The number of benzene rings is 1. The highest BCUT2D eigenvalue weighted by Gasteiger charge is 2.27. The summed E-state index contributed by atoms with van der Waals surface area (Å²) in [5.74, 6) is 1.28. The number of rotatable bonds is 2. The number of piperidine rings is 1. The van der Waals surface area contributed by atoms with Crippen LogP contribution in [0.4, 0.5) is 0 Å². The quantitative estimate of drug-likeness (QED) is 0.791. The normalized spacial score (nSPS) is 18.3. The number of carbonyl (C=O) groups excluding carboxylic acids is 1. The Morgan fingerprint density at radius 1 is 1.17 bits per heavy atom. The predicted molar refractivity (Wildman–Crippen MR) is 88.2 cm³/mol. The molecule has 4 rings (SSSR count). The van der Waals surface area contributed by atoms with E-state index < -0.39 is 0 Å². The van der Waals surface area contributed by atoms with Crippen molar-refractivity contribution in [1.82, 2.24) is 19.9 Å². The number of H-pyrrole nitrogens is 1. The van der Waals surface area contributed by atoms with Crippen LogP contribution in [0.15, 0.2) is 48.7 Å². The molecule has 116 valence electrons. The lowest BCUT2D eigenvalue weighted by molar-refractivity contribution is 0.0705. The summed E-state index contributed by atoms with van der Waals surface area (Å²) < 4.78 is 0. The van der Waals surface area contributed by atoms with Crippen LogP contribution < -0.4 is 0 Å². The third-order valence-electron chi connectivity index (χ3n) is 4.39. The maximum Gasteiger partial charge on any atom is 0.253 e. The Morgan fingerprint density at radius 2 is 2.04 bits per heavy atom. The van der Waals surface area contributed by atoms with Crippen LogP contribution >= 0.6 is 0 Å². The second-order valence-corrected chi connectivity index (χ2v) is 5.95. The van der Waals surface area contributed by atoms with Gasteiger partial charge in [0.25, 0.3) is 5.91 Å². The van der Waals surface area contributed by atoms with Crippen molar-refractivity contribution in [3.63, 3.8) is 0 Å². The van der Waals surface area contributed by atoms with E-state index in [1.807, 2.05) is 47.4 Å². The Bertz CT molecular complexity index is 794. The van der Waals surface area contributed by atoms with E-state index >= 15 is 0 Å². The van der Waals surface area contributed by atoms with Gasteiger partial charge in [0.05, 0.1) is 5.52 Å². The number of aromatic nitrogens is 3. The summed E-state index contributed by atoms with van der Waals surface area (Å²) in [6.45, 7) is 1.51. The van der Waals surface area contributed by atoms with Crippen LogP contribution in [0.3, 0.4) is 0 Å². The molecule has 1 aliphatic rings. The maximum absolute atomic E-state index is 12.6. The SMILES string of the molecule is O=C(c1ccccc1)N1CCCC(c2nc3ncccc3[nH]2)C1. The average Bonchev–Trinajstić information content (AvgIpc) is 3.06. The summed E-state index contributed by atoms with van der Waals surface area (Å²) in [5.41, 5.74) is 2.45. The minimum Gasteiger partial charge on any atom is -0.340 e. The van der Waals surface area contributed by atoms with Gasteiger partial charge in [0.15, 0.2) is 5.65 Å². The third-order valence-corrected chi connectivity index (χ3v) is 4.39. The molecule has 0 spiro atoms. The Balaban J connectivity index is 1.56. The van der Waals surface area contributed by atoms with Crippen molar-refractivity contribution < 1.29 is 4.79 Å². The number of nitrogens with zero attached hydrogens (tertiary/aromatic N) is 3. The molecule has 5 heteroatoms. The van der Waals surface area contributed by atoms with E-state index in [1.165, 1.54) is 0 Å². The highest BCUT2D eigenvalue weighted by Crippen LogP contribution is 2.27. The van der Waals surface area contributed by atoms with Gasteiger partial charge in [-0.3, -0.25) is 4.79 Å². The fourth-order valence-electron chi connectivity index (χ4n) is 3.21. The summed E-state index contributed by atoms with van der Waals surface area (Å²) in [7, 11) is 0. The number of likely N-dealkylation sites (tertiary alicyclic amines) is 1. The van der Waals surface area contributed by atoms with E-state index in [-0.39, 0.29) is 11.8 Å². The van der Waals surface area contributed by atoms with Crippen LogP contribution in [0.5, 0.6) is 0 Å². The van der Waals surface area contributed by atoms with Crippen molar-refractivity contribution >= 4 is 17.1 Å². The fourth-order valence-corrected chi connectivity index (χ4v) is 3.21. The lowest BCUT2D eigenvalue weighted by Crippen LogP contribution is -2.39. The van der Waals surface area contributed by atoms with E-state index in [1.54, 1.807) is 6.20 Å². The molecule has 3 aromatic rings. The van der Waals surface area contributed by atoms with Crippen LogP contribution in [-0.4, -0.2) is 38.8 Å². The summed E-state index contributed by atoms with van der Waals surface area (Å²) >= 11 is 0.